The number of hydrogen-bond donors (Lipinski definition) is 0. The Bertz CT molecular complexity index is 1040. The number of halogens is 2. The van der Waals surface area contributed by atoms with Crippen LogP contribution in [0.5, 0.6) is 0 Å². The molecule has 0 fully saturated rings. The smallest absolute Gasteiger partial charge is 0.202 e. The minimum absolute atomic E-state index is 0.00229. The van der Waals surface area contributed by atoms with E-state index in [1.807, 2.05) is 42.5 Å². The first-order valence-corrected chi connectivity index (χ1v) is 8.24. The number of hydrogen-bond acceptors (Lipinski definition) is 3. The first-order chi connectivity index (χ1) is 10.1. The van der Waals surface area contributed by atoms with E-state index in [0.717, 1.165) is 26.2 Å². The average Bonchev–Trinajstić information content (AvgIpc) is 2.51. The van der Waals surface area contributed by atoms with E-state index in [4.69, 9.17) is 16.6 Å². The maximum Gasteiger partial charge on any atom is 0.202 e. The van der Waals surface area contributed by atoms with Crippen LogP contribution >= 0.6 is 38.9 Å². The molecule has 1 aliphatic heterocycles. The van der Waals surface area contributed by atoms with E-state index in [-0.39, 0.29) is 5.43 Å². The van der Waals surface area contributed by atoms with Crippen LogP contribution in [0.25, 0.3) is 31.6 Å². The summed E-state index contributed by atoms with van der Waals surface area (Å²) < 4.78 is 1.53. The second-order valence-electron chi connectivity index (χ2n) is 4.69. The highest BCUT2D eigenvalue weighted by molar-refractivity contribution is 9.10. The molecule has 0 atom stereocenters. The summed E-state index contributed by atoms with van der Waals surface area (Å²) >= 11 is 11.0. The Hall–Kier alpha value is -1.49. The van der Waals surface area contributed by atoms with Gasteiger partial charge in [-0.3, -0.25) is 4.79 Å². The van der Waals surface area contributed by atoms with Crippen LogP contribution in [0.4, 0.5) is 0 Å². The molecule has 0 radical (unpaired) electrons. The Morgan fingerprint density at radius 1 is 1.10 bits per heavy atom. The summed E-state index contributed by atoms with van der Waals surface area (Å²) in [6.07, 6.45) is 0. The molecule has 5 heteroatoms. The van der Waals surface area contributed by atoms with Gasteiger partial charge in [0.15, 0.2) is 0 Å². The van der Waals surface area contributed by atoms with Crippen molar-refractivity contribution in [2.24, 2.45) is 0 Å². The Kier molecular flexibility index (Phi) is 2.99. The lowest BCUT2D eigenvalue weighted by Crippen LogP contribution is -2.06. The zero-order chi connectivity index (χ0) is 14.6. The van der Waals surface area contributed by atoms with Gasteiger partial charge in [0.05, 0.1) is 25.3 Å². The van der Waals surface area contributed by atoms with Crippen LogP contribution in [0, 0.1) is 0 Å². The molecule has 0 saturated heterocycles. The molecule has 0 unspecified atom stereocenters. The van der Waals surface area contributed by atoms with Gasteiger partial charge in [-0.15, -0.1) is 11.3 Å². The van der Waals surface area contributed by atoms with Crippen molar-refractivity contribution in [3.63, 3.8) is 0 Å². The maximum atomic E-state index is 12.5. The van der Waals surface area contributed by atoms with E-state index in [1.54, 1.807) is 0 Å². The fourth-order valence-corrected chi connectivity index (χ4v) is 4.37. The van der Waals surface area contributed by atoms with Crippen LogP contribution in [0.15, 0.2) is 51.7 Å². The highest BCUT2D eigenvalue weighted by atomic mass is 79.9. The Labute approximate surface area is 137 Å². The molecule has 0 N–H and O–H groups in total. The lowest BCUT2D eigenvalue weighted by atomic mass is 10.1. The van der Waals surface area contributed by atoms with Gasteiger partial charge in [-0.05, 0) is 34.1 Å². The Balaban J connectivity index is 2.30. The molecule has 102 valence electrons. The molecule has 2 aromatic carbocycles. The summed E-state index contributed by atoms with van der Waals surface area (Å²) in [6.45, 7) is 0. The van der Waals surface area contributed by atoms with Crippen molar-refractivity contribution < 1.29 is 0 Å². The fraction of sp³-hybridized carbons (Fsp3) is 0. The van der Waals surface area contributed by atoms with Crippen molar-refractivity contribution >= 4 is 59.9 Å². The number of aromatic nitrogens is 1. The molecule has 0 saturated carbocycles. The van der Waals surface area contributed by atoms with Crippen LogP contribution in [-0.2, 0) is 0 Å². The molecule has 1 heterocycles. The topological polar surface area (TPSA) is 30.0 Å². The third kappa shape index (κ3) is 1.98. The van der Waals surface area contributed by atoms with Crippen molar-refractivity contribution in [3.05, 3.63) is 62.2 Å². The molecular formula is C16H7BrClNOS. The van der Waals surface area contributed by atoms with E-state index in [9.17, 15) is 4.79 Å². The highest BCUT2D eigenvalue weighted by Crippen LogP contribution is 2.39. The molecule has 2 aliphatic rings. The van der Waals surface area contributed by atoms with Crippen molar-refractivity contribution in [1.82, 2.24) is 4.98 Å². The van der Waals surface area contributed by atoms with E-state index < -0.39 is 0 Å². The maximum absolute atomic E-state index is 12.5. The van der Waals surface area contributed by atoms with E-state index in [1.165, 1.54) is 11.3 Å². The van der Waals surface area contributed by atoms with Gasteiger partial charge in [0.1, 0.15) is 0 Å². The monoisotopic (exact) mass is 375 g/mol. The zero-order valence-corrected chi connectivity index (χ0v) is 13.7. The molecule has 1 aliphatic carbocycles. The third-order valence-corrected chi connectivity index (χ3v) is 5.81. The highest BCUT2D eigenvalue weighted by Gasteiger charge is 2.18. The van der Waals surface area contributed by atoms with Crippen molar-refractivity contribution in [2.45, 2.75) is 0 Å². The van der Waals surface area contributed by atoms with Crippen LogP contribution in [0.1, 0.15) is 0 Å². The quantitative estimate of drug-likeness (QED) is 0.307. The standard InChI is InChI=1S/C16H7BrClNOS/c17-13-15(20)10-4-2-1-3-9(10)14-16(13)21-12-7-8(18)5-6-11(12)19-14/h1-7H. The Morgan fingerprint density at radius 2 is 1.86 bits per heavy atom. The predicted molar refractivity (Wildman–Crippen MR) is 92.7 cm³/mol. The minimum atomic E-state index is -0.00229. The van der Waals surface area contributed by atoms with Gasteiger partial charge in [-0.25, -0.2) is 4.98 Å². The largest absolute Gasteiger partial charge is 0.288 e. The molecule has 0 aromatic heterocycles. The normalized spacial score (nSPS) is 11.5. The lowest BCUT2D eigenvalue weighted by Gasteiger charge is -2.11. The van der Waals surface area contributed by atoms with Crippen LogP contribution in [0.2, 0.25) is 5.02 Å². The average molecular weight is 377 g/mol. The molecular weight excluding hydrogens is 370 g/mol. The van der Waals surface area contributed by atoms with Gasteiger partial charge in [0.2, 0.25) is 5.43 Å². The molecule has 4 rings (SSSR count). The van der Waals surface area contributed by atoms with Crippen molar-refractivity contribution in [2.75, 3.05) is 0 Å². The molecule has 2 nitrogen and oxygen atoms in total. The molecule has 0 amide bonds. The SMILES string of the molecule is O=c1c(Br)c2sc3cc(Cl)ccc3nc-2c2ccccc12. The summed E-state index contributed by atoms with van der Waals surface area (Å²) in [7, 11) is 0. The van der Waals surface area contributed by atoms with E-state index in [0.29, 0.717) is 14.9 Å². The number of benzene rings is 3. The zero-order valence-electron chi connectivity index (χ0n) is 10.6. The Morgan fingerprint density at radius 3 is 2.67 bits per heavy atom. The van der Waals surface area contributed by atoms with Gasteiger partial charge in [0, 0.05) is 15.8 Å². The summed E-state index contributed by atoms with van der Waals surface area (Å²) in [5.41, 5.74) is 1.72. The number of rotatable bonds is 0. The van der Waals surface area contributed by atoms with Crippen LogP contribution < -0.4 is 5.43 Å². The summed E-state index contributed by atoms with van der Waals surface area (Å²) in [6, 6.07) is 13.2. The minimum Gasteiger partial charge on any atom is -0.288 e. The second kappa shape index (κ2) is 4.77. The van der Waals surface area contributed by atoms with E-state index in [2.05, 4.69) is 15.9 Å². The molecule has 2 aromatic rings. The number of fused-ring (bicyclic) bond motifs is 4. The molecule has 21 heavy (non-hydrogen) atoms. The first kappa shape index (κ1) is 13.2. The van der Waals surface area contributed by atoms with Crippen molar-refractivity contribution in [3.8, 4) is 10.6 Å². The lowest BCUT2D eigenvalue weighted by molar-refractivity contribution is 1.43. The summed E-state index contributed by atoms with van der Waals surface area (Å²) in [5, 5.41) is 2.23. The molecule has 0 spiro atoms. The van der Waals surface area contributed by atoms with Crippen LogP contribution in [0.3, 0.4) is 0 Å². The predicted octanol–water partition coefficient (Wildman–Crippen LogP) is 5.33. The first-order valence-electron chi connectivity index (χ1n) is 6.25. The van der Waals surface area contributed by atoms with E-state index >= 15 is 0 Å². The van der Waals surface area contributed by atoms with Crippen LogP contribution in [-0.4, -0.2) is 4.98 Å². The number of nitrogens with zero attached hydrogens (tertiary/aromatic N) is 1. The summed E-state index contributed by atoms with van der Waals surface area (Å²) in [4.78, 5) is 18.0. The summed E-state index contributed by atoms with van der Waals surface area (Å²) in [5.74, 6) is 0. The van der Waals surface area contributed by atoms with Gasteiger partial charge >= 0.3 is 0 Å². The fourth-order valence-electron chi connectivity index (χ4n) is 2.43. The van der Waals surface area contributed by atoms with Crippen molar-refractivity contribution in [1.29, 1.82) is 0 Å². The van der Waals surface area contributed by atoms with Gasteiger partial charge < -0.3 is 0 Å². The van der Waals surface area contributed by atoms with Gasteiger partial charge in [-0.1, -0.05) is 35.9 Å². The van der Waals surface area contributed by atoms with Gasteiger partial charge in [0.25, 0.3) is 0 Å². The second-order valence-corrected chi connectivity index (χ2v) is 6.97. The molecule has 0 bridgehead atoms. The van der Waals surface area contributed by atoms with Gasteiger partial charge in [-0.2, -0.15) is 0 Å². The third-order valence-electron chi connectivity index (χ3n) is 3.41.